The number of amides is 1. The van der Waals surface area contributed by atoms with Gasteiger partial charge in [0.05, 0.1) is 11.3 Å². The lowest BCUT2D eigenvalue weighted by atomic mass is 9.98. The maximum Gasteiger partial charge on any atom is 0.270 e. The molecule has 0 aromatic heterocycles. The summed E-state index contributed by atoms with van der Waals surface area (Å²) in [4.78, 5) is 21.7. The van der Waals surface area contributed by atoms with E-state index in [0.717, 1.165) is 27.6 Å². The van der Waals surface area contributed by atoms with Crippen LogP contribution < -0.4 is 5.32 Å². The number of carbonyl (C=O) groups is 1. The number of benzene rings is 2. The minimum atomic E-state index is -0.416. The summed E-state index contributed by atoms with van der Waals surface area (Å²) in [5, 5.41) is 15.3. The summed E-state index contributed by atoms with van der Waals surface area (Å²) in [5.41, 5.74) is 2.83. The summed E-state index contributed by atoms with van der Waals surface area (Å²) in [5.74, 6) is -0.0297. The third-order valence-electron chi connectivity index (χ3n) is 3.34. The molecule has 1 aliphatic rings. The van der Waals surface area contributed by atoms with Crippen LogP contribution in [-0.2, 0) is 11.2 Å². The van der Waals surface area contributed by atoms with Gasteiger partial charge < -0.3 is 5.32 Å². The van der Waals surface area contributed by atoms with Crippen LogP contribution in [0.1, 0.15) is 11.1 Å². The Balaban J connectivity index is 2.30. The first-order valence-electron chi connectivity index (χ1n) is 5.57. The maximum atomic E-state index is 11.4. The second-order valence-corrected chi connectivity index (χ2v) is 4.42. The van der Waals surface area contributed by atoms with E-state index in [1.54, 1.807) is 12.1 Å². The van der Waals surface area contributed by atoms with Crippen molar-refractivity contribution < 1.29 is 9.72 Å². The predicted octanol–water partition coefficient (Wildman–Crippen LogP) is 2.55. The molecule has 3 rings (SSSR count). The van der Waals surface area contributed by atoms with Gasteiger partial charge in [0.2, 0.25) is 5.91 Å². The molecule has 1 amide bonds. The van der Waals surface area contributed by atoms with Gasteiger partial charge in [0.1, 0.15) is 0 Å². The van der Waals surface area contributed by atoms with Crippen LogP contribution in [0.3, 0.4) is 0 Å². The number of hydrogen-bond donors (Lipinski definition) is 1. The topological polar surface area (TPSA) is 72.2 Å². The van der Waals surface area contributed by atoms with Gasteiger partial charge in [-0.2, -0.15) is 0 Å². The van der Waals surface area contributed by atoms with Crippen molar-refractivity contribution in [2.75, 3.05) is 5.32 Å². The third-order valence-corrected chi connectivity index (χ3v) is 3.34. The molecule has 1 heterocycles. The Hall–Kier alpha value is -2.43. The Morgan fingerprint density at radius 1 is 1.33 bits per heavy atom. The summed E-state index contributed by atoms with van der Waals surface area (Å²) in [7, 11) is 0. The quantitative estimate of drug-likeness (QED) is 0.617. The second kappa shape index (κ2) is 3.53. The summed E-state index contributed by atoms with van der Waals surface area (Å²) < 4.78 is 0. The largest absolute Gasteiger partial charge is 0.326 e. The Bertz CT molecular complexity index is 707. The zero-order valence-electron chi connectivity index (χ0n) is 9.69. The van der Waals surface area contributed by atoms with Crippen LogP contribution in [0.2, 0.25) is 0 Å². The number of carbonyl (C=O) groups excluding carboxylic acids is 1. The van der Waals surface area contributed by atoms with Crippen molar-refractivity contribution in [2.24, 2.45) is 0 Å². The van der Waals surface area contributed by atoms with Gasteiger partial charge in [-0.1, -0.05) is 0 Å². The number of nitro groups is 1. The fourth-order valence-electron chi connectivity index (χ4n) is 2.43. The van der Waals surface area contributed by atoms with Crippen molar-refractivity contribution in [3.8, 4) is 0 Å². The normalized spacial score (nSPS) is 13.5. The van der Waals surface area contributed by atoms with E-state index < -0.39 is 4.92 Å². The molecule has 0 spiro atoms. The van der Waals surface area contributed by atoms with E-state index in [-0.39, 0.29) is 11.6 Å². The van der Waals surface area contributed by atoms with Gasteiger partial charge in [0, 0.05) is 17.8 Å². The highest BCUT2D eigenvalue weighted by Gasteiger charge is 2.21. The number of fused-ring (bicyclic) bond motifs is 2. The molecule has 0 aliphatic carbocycles. The van der Waals surface area contributed by atoms with Gasteiger partial charge in [-0.25, -0.2) is 0 Å². The molecule has 2 aromatic carbocycles. The lowest BCUT2D eigenvalue weighted by molar-refractivity contribution is -0.384. The van der Waals surface area contributed by atoms with E-state index >= 15 is 0 Å². The highest BCUT2D eigenvalue weighted by Crippen LogP contribution is 2.34. The van der Waals surface area contributed by atoms with Crippen molar-refractivity contribution in [1.82, 2.24) is 0 Å². The molecule has 0 fully saturated rings. The molecule has 5 nitrogen and oxygen atoms in total. The number of nitro benzene ring substituents is 1. The molecule has 90 valence electrons. The lowest BCUT2D eigenvalue weighted by Crippen LogP contribution is -2.03. The number of nitrogens with one attached hydrogen (secondary N) is 1. The van der Waals surface area contributed by atoms with E-state index in [1.807, 2.05) is 6.92 Å². The summed E-state index contributed by atoms with van der Waals surface area (Å²) in [6.45, 7) is 1.94. The molecule has 0 unspecified atom stereocenters. The Morgan fingerprint density at radius 3 is 2.83 bits per heavy atom. The van der Waals surface area contributed by atoms with Gasteiger partial charge in [0.15, 0.2) is 0 Å². The molecule has 1 N–H and O–H groups in total. The minimum absolute atomic E-state index is 0.0297. The Morgan fingerprint density at radius 2 is 2.11 bits per heavy atom. The molecule has 0 bridgehead atoms. The summed E-state index contributed by atoms with van der Waals surface area (Å²) >= 11 is 0. The van der Waals surface area contributed by atoms with Gasteiger partial charge in [-0.3, -0.25) is 14.9 Å². The van der Waals surface area contributed by atoms with Crippen LogP contribution in [-0.4, -0.2) is 10.8 Å². The Kier molecular flexibility index (Phi) is 2.10. The highest BCUT2D eigenvalue weighted by atomic mass is 16.6. The maximum absolute atomic E-state index is 11.4. The fraction of sp³-hybridized carbons (Fsp3) is 0.154. The number of anilines is 1. The molecule has 0 saturated carbocycles. The molecule has 1 aliphatic heterocycles. The van der Waals surface area contributed by atoms with Crippen molar-refractivity contribution in [3.05, 3.63) is 45.5 Å². The van der Waals surface area contributed by atoms with E-state index in [2.05, 4.69) is 5.32 Å². The van der Waals surface area contributed by atoms with Gasteiger partial charge >= 0.3 is 0 Å². The molecule has 0 atom stereocenters. The van der Waals surface area contributed by atoms with Gasteiger partial charge in [-0.15, -0.1) is 0 Å². The summed E-state index contributed by atoms with van der Waals surface area (Å²) in [6.07, 6.45) is 0.383. The van der Waals surface area contributed by atoms with E-state index in [0.29, 0.717) is 6.42 Å². The van der Waals surface area contributed by atoms with Crippen LogP contribution in [0.25, 0.3) is 10.8 Å². The zero-order chi connectivity index (χ0) is 12.9. The molecule has 0 saturated heterocycles. The predicted molar refractivity (Wildman–Crippen MR) is 67.7 cm³/mol. The third kappa shape index (κ3) is 1.44. The molecule has 0 radical (unpaired) electrons. The van der Waals surface area contributed by atoms with Crippen LogP contribution in [0.15, 0.2) is 24.3 Å². The second-order valence-electron chi connectivity index (χ2n) is 4.42. The number of aryl methyl sites for hydroxylation is 1. The van der Waals surface area contributed by atoms with E-state index in [4.69, 9.17) is 0 Å². The lowest BCUT2D eigenvalue weighted by Gasteiger charge is -2.07. The zero-order valence-corrected chi connectivity index (χ0v) is 9.69. The van der Waals surface area contributed by atoms with Crippen molar-refractivity contribution >= 4 is 28.1 Å². The molecule has 5 heteroatoms. The first-order chi connectivity index (χ1) is 8.56. The van der Waals surface area contributed by atoms with Crippen LogP contribution >= 0.6 is 0 Å². The number of hydrogen-bond acceptors (Lipinski definition) is 3. The number of rotatable bonds is 1. The van der Waals surface area contributed by atoms with Crippen molar-refractivity contribution in [1.29, 1.82) is 0 Å². The number of non-ortho nitro benzene ring substituents is 1. The van der Waals surface area contributed by atoms with Crippen LogP contribution in [0, 0.1) is 17.0 Å². The van der Waals surface area contributed by atoms with Crippen molar-refractivity contribution in [2.45, 2.75) is 13.3 Å². The average molecular weight is 242 g/mol. The van der Waals surface area contributed by atoms with E-state index in [9.17, 15) is 14.9 Å². The molecule has 2 aromatic rings. The van der Waals surface area contributed by atoms with E-state index in [1.165, 1.54) is 12.1 Å². The standard InChI is InChI=1S/C13H10N2O3/c1-7-10-3-2-9(15(17)18)4-8(10)5-12-11(7)6-13(16)14-12/h2-5H,6H2,1H3,(H,14,16). The molecular formula is C13H10N2O3. The first kappa shape index (κ1) is 10.7. The minimum Gasteiger partial charge on any atom is -0.326 e. The van der Waals surface area contributed by atoms with Crippen molar-refractivity contribution in [3.63, 3.8) is 0 Å². The summed E-state index contributed by atoms with van der Waals surface area (Å²) in [6, 6.07) is 6.57. The monoisotopic (exact) mass is 242 g/mol. The first-order valence-corrected chi connectivity index (χ1v) is 5.57. The fourth-order valence-corrected chi connectivity index (χ4v) is 2.43. The molecular weight excluding hydrogens is 232 g/mol. The Labute approximate surface area is 103 Å². The molecule has 18 heavy (non-hydrogen) atoms. The van der Waals surface area contributed by atoms with Gasteiger partial charge in [0.25, 0.3) is 5.69 Å². The highest BCUT2D eigenvalue weighted by molar-refractivity contribution is 6.04. The number of nitrogens with zero attached hydrogens (tertiary/aromatic N) is 1. The average Bonchev–Trinajstić information content (AvgIpc) is 2.69. The SMILES string of the molecule is Cc1c2c(cc3cc([N+](=O)[O-])ccc13)NC(=O)C2. The van der Waals surface area contributed by atoms with Crippen LogP contribution in [0.4, 0.5) is 11.4 Å². The van der Waals surface area contributed by atoms with Gasteiger partial charge in [-0.05, 0) is 41.0 Å². The smallest absolute Gasteiger partial charge is 0.270 e. The van der Waals surface area contributed by atoms with Crippen LogP contribution in [0.5, 0.6) is 0 Å².